The molecule has 2 saturated heterocycles. The monoisotopic (exact) mass is 315 g/mol. The number of rotatable bonds is 4. The Kier molecular flexibility index (Phi) is 4.30. The Balaban J connectivity index is 1.81. The molecule has 0 radical (unpaired) electrons. The summed E-state index contributed by atoms with van der Waals surface area (Å²) in [6.45, 7) is 5.48. The molecule has 0 aromatic heterocycles. The van der Waals surface area contributed by atoms with Crippen LogP contribution in [0.1, 0.15) is 38.2 Å². The summed E-state index contributed by atoms with van der Waals surface area (Å²) < 4.78 is 5.78. The summed E-state index contributed by atoms with van der Waals surface area (Å²) in [5.74, 6) is -0.611. The predicted molar refractivity (Wildman–Crippen MR) is 88.8 cm³/mol. The topological polar surface area (TPSA) is 49.8 Å². The highest BCUT2D eigenvalue weighted by Gasteiger charge is 2.46. The summed E-state index contributed by atoms with van der Waals surface area (Å²) in [4.78, 5) is 15.1. The van der Waals surface area contributed by atoms with E-state index in [0.29, 0.717) is 17.2 Å². The van der Waals surface area contributed by atoms with E-state index < -0.39 is 11.6 Å². The molecule has 1 N–H and O–H groups in total. The summed E-state index contributed by atoms with van der Waals surface area (Å²) in [5.41, 5.74) is -0.900. The van der Waals surface area contributed by atoms with Crippen molar-refractivity contribution in [3.05, 3.63) is 48.0 Å². The summed E-state index contributed by atoms with van der Waals surface area (Å²) in [6.07, 6.45) is 3.98. The molecule has 2 heterocycles. The van der Waals surface area contributed by atoms with Gasteiger partial charge in [-0.3, -0.25) is 4.90 Å². The second kappa shape index (κ2) is 6.10. The molecule has 3 rings (SSSR count). The van der Waals surface area contributed by atoms with E-state index in [1.165, 1.54) is 6.42 Å². The molecule has 0 saturated carbocycles. The van der Waals surface area contributed by atoms with E-state index >= 15 is 0 Å². The van der Waals surface area contributed by atoms with Crippen molar-refractivity contribution >= 4 is 5.97 Å². The Morgan fingerprint density at radius 1 is 1.26 bits per heavy atom. The largest absolute Gasteiger partial charge is 0.458 e. The van der Waals surface area contributed by atoms with Crippen LogP contribution in [0.2, 0.25) is 0 Å². The lowest BCUT2D eigenvalue weighted by molar-refractivity contribution is -0.173. The van der Waals surface area contributed by atoms with Crippen LogP contribution < -0.4 is 0 Å². The van der Waals surface area contributed by atoms with Crippen LogP contribution in [0.4, 0.5) is 0 Å². The quantitative estimate of drug-likeness (QED) is 0.685. The van der Waals surface area contributed by atoms with Gasteiger partial charge in [0.05, 0.1) is 0 Å². The molecule has 0 aliphatic carbocycles. The summed E-state index contributed by atoms with van der Waals surface area (Å²) >= 11 is 0. The van der Waals surface area contributed by atoms with Gasteiger partial charge in [-0.2, -0.15) is 0 Å². The highest BCUT2D eigenvalue weighted by atomic mass is 16.6. The van der Waals surface area contributed by atoms with Crippen LogP contribution in [0, 0.1) is 0 Å². The van der Waals surface area contributed by atoms with E-state index in [2.05, 4.69) is 18.5 Å². The molecule has 2 fully saturated rings. The third-order valence-corrected chi connectivity index (χ3v) is 5.47. The molecule has 0 unspecified atom stereocenters. The molecule has 4 heteroatoms. The molecule has 4 atom stereocenters. The molecule has 1 aromatic rings. The maximum atomic E-state index is 12.8. The van der Waals surface area contributed by atoms with E-state index in [4.69, 9.17) is 4.74 Å². The molecule has 2 bridgehead atoms. The lowest BCUT2D eigenvalue weighted by Gasteiger charge is -2.38. The van der Waals surface area contributed by atoms with Crippen LogP contribution in [0.5, 0.6) is 0 Å². The number of hydrogen-bond donors (Lipinski definition) is 1. The fourth-order valence-electron chi connectivity index (χ4n) is 3.96. The Bertz CT molecular complexity index is 600. The third-order valence-electron chi connectivity index (χ3n) is 5.47. The van der Waals surface area contributed by atoms with E-state index in [-0.39, 0.29) is 12.1 Å². The van der Waals surface area contributed by atoms with Gasteiger partial charge in [0, 0.05) is 12.1 Å². The molecule has 0 amide bonds. The van der Waals surface area contributed by atoms with E-state index in [1.54, 1.807) is 31.2 Å². The molecule has 4 nitrogen and oxygen atoms in total. The first-order valence-corrected chi connectivity index (χ1v) is 8.31. The van der Waals surface area contributed by atoms with Crippen molar-refractivity contribution in [1.29, 1.82) is 0 Å². The van der Waals surface area contributed by atoms with Crippen molar-refractivity contribution in [1.82, 2.24) is 4.90 Å². The van der Waals surface area contributed by atoms with Gasteiger partial charge in [-0.25, -0.2) is 4.79 Å². The molecular formula is C19H25NO3. The highest BCUT2D eigenvalue weighted by molar-refractivity contribution is 5.85. The molecular weight excluding hydrogens is 290 g/mol. The van der Waals surface area contributed by atoms with Gasteiger partial charge < -0.3 is 9.84 Å². The predicted octanol–water partition coefficient (Wildman–Crippen LogP) is 2.62. The number of likely N-dealkylation sites (N-methyl/N-ethyl adjacent to an activating group) is 1. The van der Waals surface area contributed by atoms with Crippen LogP contribution >= 0.6 is 0 Å². The zero-order chi connectivity index (χ0) is 16.6. The first-order chi connectivity index (χ1) is 10.9. The van der Waals surface area contributed by atoms with Crippen molar-refractivity contribution in [2.24, 2.45) is 0 Å². The SMILES string of the molecule is C=C(C)[C@@](O)(C(=O)O[C@@H]1CC[C@@H]2CC[C@H]1N2C)c1ccccc1. The number of ether oxygens (including phenoxy) is 1. The number of piperidine rings is 1. The summed E-state index contributed by atoms with van der Waals surface area (Å²) in [5, 5.41) is 11.0. The molecule has 124 valence electrons. The van der Waals surface area contributed by atoms with E-state index in [1.807, 2.05) is 6.07 Å². The molecule has 1 aromatic carbocycles. The van der Waals surface area contributed by atoms with Crippen molar-refractivity contribution < 1.29 is 14.6 Å². The van der Waals surface area contributed by atoms with E-state index in [0.717, 1.165) is 19.3 Å². The van der Waals surface area contributed by atoms with Crippen LogP contribution in [-0.2, 0) is 15.1 Å². The lowest BCUT2D eigenvalue weighted by Crippen LogP contribution is -2.49. The van der Waals surface area contributed by atoms with E-state index in [9.17, 15) is 9.90 Å². The first kappa shape index (κ1) is 16.2. The van der Waals surface area contributed by atoms with Crippen LogP contribution in [-0.4, -0.2) is 41.2 Å². The molecule has 2 aliphatic heterocycles. The number of carbonyl (C=O) groups excluding carboxylic acids is 1. The number of aliphatic hydroxyl groups is 1. The average molecular weight is 315 g/mol. The summed E-state index contributed by atoms with van der Waals surface area (Å²) in [7, 11) is 2.10. The number of hydrogen-bond acceptors (Lipinski definition) is 4. The van der Waals surface area contributed by atoms with Gasteiger partial charge in [0.2, 0.25) is 5.60 Å². The first-order valence-electron chi connectivity index (χ1n) is 8.31. The number of esters is 1. The van der Waals surface area contributed by atoms with Gasteiger partial charge >= 0.3 is 5.97 Å². The Morgan fingerprint density at radius 3 is 2.57 bits per heavy atom. The fourth-order valence-corrected chi connectivity index (χ4v) is 3.96. The number of nitrogens with zero attached hydrogens (tertiary/aromatic N) is 1. The van der Waals surface area contributed by atoms with Crippen LogP contribution in [0.25, 0.3) is 0 Å². The minimum atomic E-state index is -1.78. The number of benzene rings is 1. The second-order valence-electron chi connectivity index (χ2n) is 6.84. The van der Waals surface area contributed by atoms with Crippen LogP contribution in [0.15, 0.2) is 42.5 Å². The van der Waals surface area contributed by atoms with Crippen molar-refractivity contribution in [3.63, 3.8) is 0 Å². The molecule has 2 aliphatic rings. The maximum Gasteiger partial charge on any atom is 0.347 e. The zero-order valence-electron chi connectivity index (χ0n) is 13.9. The van der Waals surface area contributed by atoms with Gasteiger partial charge in [0.25, 0.3) is 0 Å². The zero-order valence-corrected chi connectivity index (χ0v) is 13.9. The molecule has 23 heavy (non-hydrogen) atoms. The van der Waals surface area contributed by atoms with Crippen molar-refractivity contribution in [3.8, 4) is 0 Å². The van der Waals surface area contributed by atoms with Crippen LogP contribution in [0.3, 0.4) is 0 Å². The Morgan fingerprint density at radius 2 is 1.91 bits per heavy atom. The standard InChI is InChI=1S/C19H25NO3/c1-13(2)19(22,14-7-5-4-6-8-14)18(21)23-17-12-10-15-9-11-16(17)20(15)3/h4-8,15-17,22H,1,9-12H2,2-3H3/t15-,16+,17+,19-/m0/s1. The van der Waals surface area contributed by atoms with Gasteiger partial charge in [0.1, 0.15) is 6.10 Å². The minimum Gasteiger partial charge on any atom is -0.458 e. The minimum absolute atomic E-state index is 0.152. The summed E-state index contributed by atoms with van der Waals surface area (Å²) in [6, 6.07) is 9.79. The normalized spacial score (nSPS) is 29.8. The Labute approximate surface area is 137 Å². The van der Waals surface area contributed by atoms with Gasteiger partial charge in [-0.1, -0.05) is 36.9 Å². The van der Waals surface area contributed by atoms with Gasteiger partial charge in [-0.05, 0) is 50.8 Å². The average Bonchev–Trinajstić information content (AvgIpc) is 2.78. The number of fused-ring (bicyclic) bond motifs is 2. The smallest absolute Gasteiger partial charge is 0.347 e. The lowest BCUT2D eigenvalue weighted by atomic mass is 9.87. The maximum absolute atomic E-state index is 12.8. The van der Waals surface area contributed by atoms with Crippen molar-refractivity contribution in [2.75, 3.05) is 7.05 Å². The highest BCUT2D eigenvalue weighted by Crippen LogP contribution is 2.37. The third kappa shape index (κ3) is 2.70. The molecule has 0 spiro atoms. The second-order valence-corrected chi connectivity index (χ2v) is 6.84. The fraction of sp³-hybridized carbons (Fsp3) is 0.526. The van der Waals surface area contributed by atoms with Gasteiger partial charge in [0.15, 0.2) is 0 Å². The Hall–Kier alpha value is -1.65. The number of carbonyl (C=O) groups is 1. The van der Waals surface area contributed by atoms with Crippen molar-refractivity contribution in [2.45, 2.75) is 56.4 Å². The van der Waals surface area contributed by atoms with Gasteiger partial charge in [-0.15, -0.1) is 0 Å².